The van der Waals surface area contributed by atoms with Gasteiger partial charge in [0.15, 0.2) is 5.60 Å². The molecule has 1 heterocycles. The van der Waals surface area contributed by atoms with Gasteiger partial charge in [-0.15, -0.1) is 0 Å². The van der Waals surface area contributed by atoms with Gasteiger partial charge in [-0.3, -0.25) is 0 Å². The van der Waals surface area contributed by atoms with E-state index < -0.39 is 5.60 Å². The van der Waals surface area contributed by atoms with Crippen LogP contribution in [0.3, 0.4) is 0 Å². The molecule has 1 aromatic carbocycles. The van der Waals surface area contributed by atoms with Crippen LogP contribution in [0.2, 0.25) is 0 Å². The van der Waals surface area contributed by atoms with E-state index in [-0.39, 0.29) is 5.92 Å². The van der Waals surface area contributed by atoms with Crippen molar-refractivity contribution in [2.24, 2.45) is 5.92 Å². The van der Waals surface area contributed by atoms with Gasteiger partial charge in [0.25, 0.3) is 0 Å². The first-order valence-corrected chi connectivity index (χ1v) is 7.74. The molecule has 0 amide bonds. The van der Waals surface area contributed by atoms with Gasteiger partial charge in [0.05, 0.1) is 13.1 Å². The zero-order valence-corrected chi connectivity index (χ0v) is 12.7. The number of benzene rings is 1. The standard InChI is InChI=1S/C18H25NO/c1-16(2)18(20,17-10-5-3-6-11-17)12-9-15-19-13-7-4-8-14-19/h3,5-6,10-11,16,20H,4,7-8,13-15H2,1-2H3/p+1. The van der Waals surface area contributed by atoms with Crippen LogP contribution in [-0.4, -0.2) is 24.7 Å². The van der Waals surface area contributed by atoms with Gasteiger partial charge in [-0.25, -0.2) is 0 Å². The maximum atomic E-state index is 10.9. The third-order valence-corrected chi connectivity index (χ3v) is 4.23. The van der Waals surface area contributed by atoms with Crippen molar-refractivity contribution in [3.63, 3.8) is 0 Å². The number of quaternary nitrogens is 1. The van der Waals surface area contributed by atoms with E-state index in [1.165, 1.54) is 32.4 Å². The first-order valence-electron chi connectivity index (χ1n) is 7.74. The van der Waals surface area contributed by atoms with Crippen molar-refractivity contribution in [2.75, 3.05) is 19.6 Å². The average Bonchev–Trinajstić information content (AvgIpc) is 2.49. The van der Waals surface area contributed by atoms with Crippen molar-refractivity contribution >= 4 is 0 Å². The third-order valence-electron chi connectivity index (χ3n) is 4.23. The Hall–Kier alpha value is -1.30. The summed E-state index contributed by atoms with van der Waals surface area (Å²) < 4.78 is 0. The molecule has 2 heteroatoms. The Morgan fingerprint density at radius 3 is 2.40 bits per heavy atom. The third kappa shape index (κ3) is 3.62. The van der Waals surface area contributed by atoms with Crippen LogP contribution in [0, 0.1) is 17.8 Å². The second kappa shape index (κ2) is 6.92. The minimum absolute atomic E-state index is 0.0776. The monoisotopic (exact) mass is 272 g/mol. The lowest BCUT2D eigenvalue weighted by Crippen LogP contribution is -3.12. The summed E-state index contributed by atoms with van der Waals surface area (Å²) in [5.74, 6) is 6.46. The van der Waals surface area contributed by atoms with Crippen molar-refractivity contribution in [2.45, 2.75) is 38.7 Å². The Balaban J connectivity index is 2.10. The van der Waals surface area contributed by atoms with E-state index in [1.54, 1.807) is 4.90 Å². The van der Waals surface area contributed by atoms with E-state index in [0.717, 1.165) is 12.1 Å². The number of piperidine rings is 1. The van der Waals surface area contributed by atoms with Gasteiger partial charge < -0.3 is 10.0 Å². The van der Waals surface area contributed by atoms with Crippen molar-refractivity contribution in [1.82, 2.24) is 0 Å². The lowest BCUT2D eigenvalue weighted by molar-refractivity contribution is -0.897. The summed E-state index contributed by atoms with van der Waals surface area (Å²) in [6.45, 7) is 7.34. The predicted octanol–water partition coefficient (Wildman–Crippen LogP) is 1.60. The van der Waals surface area contributed by atoms with Crippen LogP contribution in [0.4, 0.5) is 0 Å². The maximum absolute atomic E-state index is 10.9. The number of aliphatic hydroxyl groups is 1. The molecule has 0 radical (unpaired) electrons. The van der Waals surface area contributed by atoms with Crippen LogP contribution in [0.15, 0.2) is 30.3 Å². The van der Waals surface area contributed by atoms with Gasteiger partial charge in [-0.05, 0) is 36.7 Å². The molecule has 108 valence electrons. The maximum Gasteiger partial charge on any atom is 0.153 e. The number of hydrogen-bond donors (Lipinski definition) is 2. The van der Waals surface area contributed by atoms with E-state index in [0.29, 0.717) is 0 Å². The Morgan fingerprint density at radius 2 is 1.80 bits per heavy atom. The second-order valence-electron chi connectivity index (χ2n) is 6.08. The van der Waals surface area contributed by atoms with Crippen LogP contribution in [0.1, 0.15) is 38.7 Å². The second-order valence-corrected chi connectivity index (χ2v) is 6.08. The fourth-order valence-electron chi connectivity index (χ4n) is 2.77. The summed E-state index contributed by atoms with van der Waals surface area (Å²) in [5, 5.41) is 10.9. The molecule has 1 aromatic rings. The molecule has 1 unspecified atom stereocenters. The molecule has 1 saturated heterocycles. The van der Waals surface area contributed by atoms with Crippen LogP contribution in [-0.2, 0) is 5.60 Å². The normalized spacial score (nSPS) is 19.2. The molecule has 1 fully saturated rings. The van der Waals surface area contributed by atoms with Crippen molar-refractivity contribution < 1.29 is 10.0 Å². The molecule has 20 heavy (non-hydrogen) atoms. The molecule has 0 bridgehead atoms. The van der Waals surface area contributed by atoms with E-state index in [2.05, 4.69) is 11.8 Å². The molecule has 1 atom stereocenters. The highest BCUT2D eigenvalue weighted by Crippen LogP contribution is 2.28. The highest BCUT2D eigenvalue weighted by molar-refractivity contribution is 5.32. The zero-order valence-electron chi connectivity index (χ0n) is 12.7. The largest absolute Gasteiger partial charge is 0.373 e. The SMILES string of the molecule is CC(C)C(O)(C#CC[NH+]1CCCCC1)c1ccccc1. The highest BCUT2D eigenvalue weighted by atomic mass is 16.3. The van der Waals surface area contributed by atoms with Gasteiger partial charge in [0.2, 0.25) is 0 Å². The van der Waals surface area contributed by atoms with Gasteiger partial charge in [0.1, 0.15) is 6.54 Å². The lowest BCUT2D eigenvalue weighted by atomic mass is 9.84. The molecule has 2 nitrogen and oxygen atoms in total. The minimum Gasteiger partial charge on any atom is -0.373 e. The molecule has 1 aliphatic rings. The number of rotatable bonds is 3. The summed E-state index contributed by atoms with van der Waals surface area (Å²) in [7, 11) is 0. The number of likely N-dealkylation sites (tertiary alicyclic amines) is 1. The molecule has 0 spiro atoms. The van der Waals surface area contributed by atoms with Gasteiger partial charge in [-0.1, -0.05) is 50.1 Å². The van der Waals surface area contributed by atoms with Crippen molar-refractivity contribution in [3.8, 4) is 11.8 Å². The van der Waals surface area contributed by atoms with Gasteiger partial charge >= 0.3 is 0 Å². The molecular formula is C18H26NO+. The van der Waals surface area contributed by atoms with E-state index in [4.69, 9.17) is 0 Å². The van der Waals surface area contributed by atoms with Crippen LogP contribution >= 0.6 is 0 Å². The van der Waals surface area contributed by atoms with Crippen molar-refractivity contribution in [1.29, 1.82) is 0 Å². The molecule has 0 aliphatic carbocycles. The molecule has 0 aromatic heterocycles. The van der Waals surface area contributed by atoms with E-state index in [1.807, 2.05) is 44.2 Å². The number of nitrogens with one attached hydrogen (secondary N) is 1. The van der Waals surface area contributed by atoms with Crippen LogP contribution in [0.25, 0.3) is 0 Å². The van der Waals surface area contributed by atoms with Gasteiger partial charge in [0, 0.05) is 0 Å². The Bertz CT molecular complexity index is 465. The first kappa shape index (κ1) is 15.1. The Kier molecular flexibility index (Phi) is 5.23. The fourth-order valence-corrected chi connectivity index (χ4v) is 2.77. The van der Waals surface area contributed by atoms with Crippen LogP contribution < -0.4 is 4.90 Å². The molecule has 0 saturated carbocycles. The highest BCUT2D eigenvalue weighted by Gasteiger charge is 2.30. The first-order chi connectivity index (χ1) is 9.63. The van der Waals surface area contributed by atoms with Gasteiger partial charge in [-0.2, -0.15) is 0 Å². The lowest BCUT2D eigenvalue weighted by Gasteiger charge is -2.27. The Morgan fingerprint density at radius 1 is 1.15 bits per heavy atom. The molecule has 2 rings (SSSR count). The minimum atomic E-state index is -1.03. The average molecular weight is 272 g/mol. The predicted molar refractivity (Wildman–Crippen MR) is 82.4 cm³/mol. The zero-order chi connectivity index (χ0) is 14.4. The Labute approximate surface area is 122 Å². The van der Waals surface area contributed by atoms with Crippen LogP contribution in [0.5, 0.6) is 0 Å². The smallest absolute Gasteiger partial charge is 0.153 e. The summed E-state index contributed by atoms with van der Waals surface area (Å²) in [5.41, 5.74) is -0.132. The summed E-state index contributed by atoms with van der Waals surface area (Å²) in [6, 6.07) is 9.81. The number of hydrogen-bond acceptors (Lipinski definition) is 1. The summed E-state index contributed by atoms with van der Waals surface area (Å²) in [4.78, 5) is 1.56. The molecular weight excluding hydrogens is 246 g/mol. The fraction of sp³-hybridized carbons (Fsp3) is 0.556. The topological polar surface area (TPSA) is 24.7 Å². The summed E-state index contributed by atoms with van der Waals surface area (Å²) >= 11 is 0. The quantitative estimate of drug-likeness (QED) is 0.803. The van der Waals surface area contributed by atoms with E-state index >= 15 is 0 Å². The molecule has 1 aliphatic heterocycles. The van der Waals surface area contributed by atoms with Crippen molar-refractivity contribution in [3.05, 3.63) is 35.9 Å². The molecule has 2 N–H and O–H groups in total. The summed E-state index contributed by atoms with van der Waals surface area (Å²) in [6.07, 6.45) is 3.98. The van der Waals surface area contributed by atoms with E-state index in [9.17, 15) is 5.11 Å².